The van der Waals surface area contributed by atoms with Crippen LogP contribution in [0.25, 0.3) is 10.8 Å². The van der Waals surface area contributed by atoms with Crippen LogP contribution in [0.4, 0.5) is 0 Å². The predicted molar refractivity (Wildman–Crippen MR) is 115 cm³/mol. The average Bonchev–Trinajstić information content (AvgIpc) is 3.14. The van der Waals surface area contributed by atoms with Gasteiger partial charge >= 0.3 is 11.9 Å². The topological polar surface area (TPSA) is 80.3 Å². The van der Waals surface area contributed by atoms with E-state index < -0.39 is 29.9 Å². The number of methoxy groups -OCH3 is 1. The van der Waals surface area contributed by atoms with Crippen molar-refractivity contribution in [2.24, 2.45) is 0 Å². The van der Waals surface area contributed by atoms with Crippen LogP contribution in [-0.4, -0.2) is 43.5 Å². The fourth-order valence-corrected chi connectivity index (χ4v) is 3.60. The summed E-state index contributed by atoms with van der Waals surface area (Å²) in [5, 5.41) is 1.94. The van der Waals surface area contributed by atoms with Gasteiger partial charge in [-0.25, -0.2) is 9.59 Å². The molecule has 0 radical (unpaired) electrons. The number of ether oxygens (including phenoxy) is 5. The van der Waals surface area contributed by atoms with Crippen LogP contribution in [0.1, 0.15) is 46.6 Å². The molecule has 1 aliphatic heterocycles. The quantitative estimate of drug-likeness (QED) is 0.612. The largest absolute Gasteiger partial charge is 0.497 e. The number of benzene rings is 2. The molecule has 0 unspecified atom stereocenters. The van der Waals surface area contributed by atoms with Crippen molar-refractivity contribution in [1.29, 1.82) is 0 Å². The number of hydrogen-bond donors (Lipinski definition) is 0. The molecule has 31 heavy (non-hydrogen) atoms. The van der Waals surface area contributed by atoms with Crippen molar-refractivity contribution in [3.8, 4) is 5.75 Å². The molecule has 168 valence electrons. The maximum Gasteiger partial charge on any atom is 0.339 e. The van der Waals surface area contributed by atoms with Crippen LogP contribution < -0.4 is 4.74 Å². The Hall–Kier alpha value is -2.64. The number of esters is 2. The number of fused-ring (bicyclic) bond motifs is 1. The van der Waals surface area contributed by atoms with E-state index in [0.717, 1.165) is 16.5 Å². The number of carbonyl (C=O) groups is 2. The summed E-state index contributed by atoms with van der Waals surface area (Å²) in [6, 6.07) is 11.5. The first-order valence-corrected chi connectivity index (χ1v) is 10.5. The fourth-order valence-electron chi connectivity index (χ4n) is 3.60. The minimum atomic E-state index is -1.28. The molecule has 1 fully saturated rings. The minimum Gasteiger partial charge on any atom is -0.497 e. The third-order valence-corrected chi connectivity index (χ3v) is 5.03. The van der Waals surface area contributed by atoms with Crippen LogP contribution in [0.5, 0.6) is 5.75 Å². The molecule has 7 nitrogen and oxygen atoms in total. The lowest BCUT2D eigenvalue weighted by Gasteiger charge is -2.27. The van der Waals surface area contributed by atoms with Gasteiger partial charge in [-0.05, 0) is 56.7 Å². The molecule has 2 atom stereocenters. The normalized spacial score (nSPS) is 20.3. The second kappa shape index (κ2) is 9.24. The molecule has 0 saturated carbocycles. The van der Waals surface area contributed by atoms with Crippen LogP contribution in [0.15, 0.2) is 36.4 Å². The van der Waals surface area contributed by atoms with Crippen molar-refractivity contribution in [2.45, 2.75) is 71.2 Å². The third-order valence-electron chi connectivity index (χ3n) is 5.03. The van der Waals surface area contributed by atoms with Gasteiger partial charge in [-0.1, -0.05) is 25.1 Å². The Kier molecular flexibility index (Phi) is 6.86. The molecule has 3 rings (SSSR count). The summed E-state index contributed by atoms with van der Waals surface area (Å²) in [6.07, 6.45) is -2.78. The molecule has 0 N–H and O–H groups in total. The van der Waals surface area contributed by atoms with Gasteiger partial charge in [0.25, 0.3) is 0 Å². The standard InChI is InChI=1S/C24H30O7/c1-7-24(18-10-8-17-13-19(27-6)11-9-16(17)12-18)30-20(22(25)28-14(2)3)21(31-24)23(26)29-15(4)5/h8-15,20-21H,7H2,1-6H3/t20-,21-/m1/s1. The van der Waals surface area contributed by atoms with Crippen LogP contribution >= 0.6 is 0 Å². The molecule has 0 spiro atoms. The maximum absolute atomic E-state index is 12.7. The lowest BCUT2D eigenvalue weighted by Crippen LogP contribution is -2.40. The summed E-state index contributed by atoms with van der Waals surface area (Å²) in [4.78, 5) is 25.5. The van der Waals surface area contributed by atoms with Crippen LogP contribution in [-0.2, 0) is 34.3 Å². The number of hydrogen-bond acceptors (Lipinski definition) is 7. The zero-order chi connectivity index (χ0) is 22.8. The molecule has 2 aromatic carbocycles. The first kappa shape index (κ1) is 23.0. The summed E-state index contributed by atoms with van der Waals surface area (Å²) in [6.45, 7) is 8.82. The Balaban J connectivity index is 1.99. The molecule has 1 saturated heterocycles. The highest BCUT2D eigenvalue weighted by atomic mass is 16.8. The van der Waals surface area contributed by atoms with E-state index in [1.54, 1.807) is 34.8 Å². The van der Waals surface area contributed by atoms with Gasteiger partial charge in [-0.3, -0.25) is 0 Å². The average molecular weight is 430 g/mol. The van der Waals surface area contributed by atoms with Crippen LogP contribution in [0.3, 0.4) is 0 Å². The molecular weight excluding hydrogens is 400 g/mol. The van der Waals surface area contributed by atoms with Gasteiger partial charge in [0, 0.05) is 12.0 Å². The minimum absolute atomic E-state index is 0.356. The van der Waals surface area contributed by atoms with Gasteiger partial charge in [0.1, 0.15) is 5.75 Å². The fraction of sp³-hybridized carbons (Fsp3) is 0.500. The van der Waals surface area contributed by atoms with E-state index in [1.165, 1.54) is 0 Å². The van der Waals surface area contributed by atoms with Crippen molar-refractivity contribution in [3.63, 3.8) is 0 Å². The van der Waals surface area contributed by atoms with E-state index in [0.29, 0.717) is 12.0 Å². The third kappa shape index (κ3) is 4.83. The van der Waals surface area contributed by atoms with Crippen molar-refractivity contribution in [1.82, 2.24) is 0 Å². The Morgan fingerprint density at radius 2 is 1.42 bits per heavy atom. The van der Waals surface area contributed by atoms with Gasteiger partial charge in [0.05, 0.1) is 19.3 Å². The Bertz CT molecular complexity index is 920. The highest BCUT2D eigenvalue weighted by molar-refractivity contribution is 5.87. The summed E-state index contributed by atoms with van der Waals surface area (Å²) in [5.41, 5.74) is 0.704. The number of carbonyl (C=O) groups excluding carboxylic acids is 2. The molecule has 0 amide bonds. The van der Waals surface area contributed by atoms with E-state index >= 15 is 0 Å². The summed E-state index contributed by atoms with van der Waals surface area (Å²) < 4.78 is 28.2. The molecule has 1 aliphatic rings. The zero-order valence-electron chi connectivity index (χ0n) is 18.8. The SMILES string of the molecule is CCC1(c2ccc3cc(OC)ccc3c2)O[C@@H](C(=O)OC(C)C)[C@H](C(=O)OC(C)C)O1. The van der Waals surface area contributed by atoms with Crippen molar-refractivity contribution in [3.05, 3.63) is 42.0 Å². The predicted octanol–water partition coefficient (Wildman–Crippen LogP) is 4.10. The smallest absolute Gasteiger partial charge is 0.339 e. The second-order valence-electron chi connectivity index (χ2n) is 8.08. The van der Waals surface area contributed by atoms with Crippen molar-refractivity contribution >= 4 is 22.7 Å². The van der Waals surface area contributed by atoms with Crippen LogP contribution in [0, 0.1) is 0 Å². The lowest BCUT2D eigenvalue weighted by molar-refractivity contribution is -0.199. The zero-order valence-corrected chi connectivity index (χ0v) is 18.8. The first-order chi connectivity index (χ1) is 14.7. The molecule has 0 aliphatic carbocycles. The Morgan fingerprint density at radius 1 is 0.903 bits per heavy atom. The van der Waals surface area contributed by atoms with Crippen LogP contribution in [0.2, 0.25) is 0 Å². The van der Waals surface area contributed by atoms with E-state index in [9.17, 15) is 9.59 Å². The van der Waals surface area contributed by atoms with E-state index in [4.69, 9.17) is 23.7 Å². The van der Waals surface area contributed by atoms with Gasteiger partial charge < -0.3 is 23.7 Å². The summed E-state index contributed by atoms with van der Waals surface area (Å²) in [5.74, 6) is -1.83. The number of rotatable bonds is 7. The monoisotopic (exact) mass is 430 g/mol. The lowest BCUT2D eigenvalue weighted by atomic mass is 9.99. The molecule has 0 bridgehead atoms. The van der Waals surface area contributed by atoms with Gasteiger partial charge in [-0.15, -0.1) is 0 Å². The Labute approximate surface area is 182 Å². The maximum atomic E-state index is 12.7. The first-order valence-electron chi connectivity index (χ1n) is 10.5. The summed E-state index contributed by atoms with van der Waals surface area (Å²) in [7, 11) is 1.62. The summed E-state index contributed by atoms with van der Waals surface area (Å²) >= 11 is 0. The van der Waals surface area contributed by atoms with E-state index in [2.05, 4.69) is 0 Å². The van der Waals surface area contributed by atoms with Crippen molar-refractivity contribution < 1.29 is 33.3 Å². The van der Waals surface area contributed by atoms with E-state index in [-0.39, 0.29) is 12.2 Å². The van der Waals surface area contributed by atoms with E-state index in [1.807, 2.05) is 43.3 Å². The molecular formula is C24H30O7. The molecule has 1 heterocycles. The molecule has 7 heteroatoms. The Morgan fingerprint density at radius 3 is 1.90 bits per heavy atom. The molecule has 2 aromatic rings. The second-order valence-corrected chi connectivity index (χ2v) is 8.08. The van der Waals surface area contributed by atoms with Gasteiger partial charge in [0.2, 0.25) is 0 Å². The molecule has 0 aromatic heterocycles. The van der Waals surface area contributed by atoms with Crippen molar-refractivity contribution in [2.75, 3.05) is 7.11 Å². The van der Waals surface area contributed by atoms with Gasteiger partial charge in [0.15, 0.2) is 18.0 Å². The van der Waals surface area contributed by atoms with Gasteiger partial charge in [-0.2, -0.15) is 0 Å². The highest BCUT2D eigenvalue weighted by Crippen LogP contribution is 2.42. The highest BCUT2D eigenvalue weighted by Gasteiger charge is 2.55.